The third kappa shape index (κ3) is 4.68. The maximum absolute atomic E-state index is 12.2. The number of hydrogen-bond donors (Lipinski definition) is 1. The standard InChI is InChI=1S/C19H25N5O2/c1-13-21-16(14-6-5-8-20-11-14)10-17(22-13)23-15-7-9-24(12-15)18(25)26-19(2,3)4/h5-6,8,10-11,15H,7,9,12H2,1-4H3,(H,21,22,23). The minimum atomic E-state index is -0.481. The summed E-state index contributed by atoms with van der Waals surface area (Å²) in [5.41, 5.74) is 1.29. The molecule has 0 spiro atoms. The van der Waals surface area contributed by atoms with Gasteiger partial charge in [0.1, 0.15) is 17.2 Å². The van der Waals surface area contributed by atoms with Gasteiger partial charge < -0.3 is 15.0 Å². The van der Waals surface area contributed by atoms with Crippen LogP contribution in [0.4, 0.5) is 10.6 Å². The number of carbonyl (C=O) groups is 1. The lowest BCUT2D eigenvalue weighted by molar-refractivity contribution is 0.0293. The van der Waals surface area contributed by atoms with Crippen LogP contribution < -0.4 is 5.32 Å². The average Bonchev–Trinajstić information content (AvgIpc) is 3.02. The Kier molecular flexibility index (Phi) is 5.06. The summed E-state index contributed by atoms with van der Waals surface area (Å²) in [6.45, 7) is 8.76. The number of hydrogen-bond acceptors (Lipinski definition) is 6. The topological polar surface area (TPSA) is 80.2 Å². The second-order valence-electron chi connectivity index (χ2n) is 7.48. The molecule has 3 rings (SSSR count). The summed E-state index contributed by atoms with van der Waals surface area (Å²) < 4.78 is 5.44. The van der Waals surface area contributed by atoms with Crippen LogP contribution in [-0.4, -0.2) is 50.7 Å². The highest BCUT2D eigenvalue weighted by Gasteiger charge is 2.30. The Balaban J connectivity index is 1.67. The van der Waals surface area contributed by atoms with Gasteiger partial charge in [0.15, 0.2) is 0 Å². The van der Waals surface area contributed by atoms with E-state index in [0.717, 1.165) is 23.5 Å². The third-order valence-electron chi connectivity index (χ3n) is 3.99. The van der Waals surface area contributed by atoms with Crippen LogP contribution in [-0.2, 0) is 4.74 Å². The van der Waals surface area contributed by atoms with Gasteiger partial charge in [0.05, 0.1) is 5.69 Å². The number of nitrogens with zero attached hydrogens (tertiary/aromatic N) is 4. The molecule has 0 radical (unpaired) electrons. The van der Waals surface area contributed by atoms with Crippen LogP contribution in [0, 0.1) is 6.92 Å². The van der Waals surface area contributed by atoms with Gasteiger partial charge in [-0.15, -0.1) is 0 Å². The number of anilines is 1. The van der Waals surface area contributed by atoms with E-state index >= 15 is 0 Å². The van der Waals surface area contributed by atoms with E-state index in [1.807, 2.05) is 45.9 Å². The molecule has 0 bridgehead atoms. The van der Waals surface area contributed by atoms with Crippen LogP contribution in [0.1, 0.15) is 33.0 Å². The van der Waals surface area contributed by atoms with Crippen molar-refractivity contribution in [3.8, 4) is 11.3 Å². The second kappa shape index (κ2) is 7.27. The van der Waals surface area contributed by atoms with Crippen molar-refractivity contribution >= 4 is 11.9 Å². The molecule has 1 amide bonds. The van der Waals surface area contributed by atoms with Crippen molar-refractivity contribution in [2.75, 3.05) is 18.4 Å². The van der Waals surface area contributed by atoms with Crippen molar-refractivity contribution in [1.29, 1.82) is 0 Å². The van der Waals surface area contributed by atoms with E-state index in [2.05, 4.69) is 20.3 Å². The summed E-state index contributed by atoms with van der Waals surface area (Å²) in [6.07, 6.45) is 4.10. The molecule has 0 aromatic carbocycles. The molecule has 2 aromatic heterocycles. The third-order valence-corrected chi connectivity index (χ3v) is 3.99. The number of nitrogens with one attached hydrogen (secondary N) is 1. The lowest BCUT2D eigenvalue weighted by Gasteiger charge is -2.24. The molecular formula is C19H25N5O2. The number of aryl methyl sites for hydroxylation is 1. The Bertz CT molecular complexity index is 773. The van der Waals surface area contributed by atoms with Gasteiger partial charge in [-0.25, -0.2) is 14.8 Å². The predicted octanol–water partition coefficient (Wildman–Crippen LogP) is 3.27. The second-order valence-corrected chi connectivity index (χ2v) is 7.48. The first-order valence-corrected chi connectivity index (χ1v) is 8.81. The minimum absolute atomic E-state index is 0.138. The molecule has 7 nitrogen and oxygen atoms in total. The summed E-state index contributed by atoms with van der Waals surface area (Å²) in [5, 5.41) is 3.42. The Morgan fingerprint density at radius 1 is 1.35 bits per heavy atom. The van der Waals surface area contributed by atoms with Gasteiger partial charge in [-0.2, -0.15) is 0 Å². The normalized spacial score (nSPS) is 17.2. The van der Waals surface area contributed by atoms with E-state index in [4.69, 9.17) is 4.74 Å². The van der Waals surface area contributed by atoms with Gasteiger partial charge >= 0.3 is 6.09 Å². The largest absolute Gasteiger partial charge is 0.444 e. The van der Waals surface area contributed by atoms with Crippen molar-refractivity contribution in [2.45, 2.75) is 45.8 Å². The fourth-order valence-electron chi connectivity index (χ4n) is 2.88. The smallest absolute Gasteiger partial charge is 0.410 e. The van der Waals surface area contributed by atoms with Crippen molar-refractivity contribution < 1.29 is 9.53 Å². The summed E-state index contributed by atoms with van der Waals surface area (Å²) in [5.74, 6) is 1.45. The Hall–Kier alpha value is -2.70. The molecule has 1 aliphatic rings. The van der Waals surface area contributed by atoms with Crippen LogP contribution in [0.5, 0.6) is 0 Å². The molecule has 26 heavy (non-hydrogen) atoms. The van der Waals surface area contributed by atoms with Crippen LogP contribution in [0.3, 0.4) is 0 Å². The van der Waals surface area contributed by atoms with E-state index in [1.54, 1.807) is 17.3 Å². The molecule has 0 saturated carbocycles. The molecule has 7 heteroatoms. The summed E-state index contributed by atoms with van der Waals surface area (Å²) >= 11 is 0. The zero-order chi connectivity index (χ0) is 18.7. The number of aromatic nitrogens is 3. The first-order valence-electron chi connectivity index (χ1n) is 8.81. The molecule has 1 N–H and O–H groups in total. The molecule has 1 unspecified atom stereocenters. The number of rotatable bonds is 3. The van der Waals surface area contributed by atoms with Gasteiger partial charge in [-0.05, 0) is 46.2 Å². The number of ether oxygens (including phenoxy) is 1. The number of carbonyl (C=O) groups excluding carboxylic acids is 1. The van der Waals surface area contributed by atoms with Crippen LogP contribution >= 0.6 is 0 Å². The molecule has 1 saturated heterocycles. The summed E-state index contributed by atoms with van der Waals surface area (Å²) in [4.78, 5) is 27.0. The SMILES string of the molecule is Cc1nc(NC2CCN(C(=O)OC(C)(C)C)C2)cc(-c2cccnc2)n1. The van der Waals surface area contributed by atoms with E-state index in [9.17, 15) is 4.79 Å². The van der Waals surface area contributed by atoms with Gasteiger partial charge in [0.25, 0.3) is 0 Å². The van der Waals surface area contributed by atoms with Gasteiger partial charge in [0.2, 0.25) is 0 Å². The lowest BCUT2D eigenvalue weighted by atomic mass is 10.2. The molecular weight excluding hydrogens is 330 g/mol. The highest BCUT2D eigenvalue weighted by molar-refractivity contribution is 5.69. The zero-order valence-corrected chi connectivity index (χ0v) is 15.7. The molecule has 1 atom stereocenters. The lowest BCUT2D eigenvalue weighted by Crippen LogP contribution is -2.36. The van der Waals surface area contributed by atoms with Crippen molar-refractivity contribution in [3.05, 3.63) is 36.4 Å². The predicted molar refractivity (Wildman–Crippen MR) is 99.8 cm³/mol. The minimum Gasteiger partial charge on any atom is -0.444 e. The maximum Gasteiger partial charge on any atom is 0.410 e. The maximum atomic E-state index is 12.2. The van der Waals surface area contributed by atoms with Gasteiger partial charge in [-0.1, -0.05) is 0 Å². The number of amides is 1. The molecule has 138 valence electrons. The summed E-state index contributed by atoms with van der Waals surface area (Å²) in [7, 11) is 0. The Morgan fingerprint density at radius 3 is 2.85 bits per heavy atom. The van der Waals surface area contributed by atoms with E-state index in [-0.39, 0.29) is 12.1 Å². The quantitative estimate of drug-likeness (QED) is 0.910. The van der Waals surface area contributed by atoms with E-state index in [1.165, 1.54) is 0 Å². The highest BCUT2D eigenvalue weighted by atomic mass is 16.6. The van der Waals surface area contributed by atoms with Crippen molar-refractivity contribution in [2.24, 2.45) is 0 Å². The fraction of sp³-hybridized carbons (Fsp3) is 0.474. The van der Waals surface area contributed by atoms with E-state index in [0.29, 0.717) is 18.9 Å². The van der Waals surface area contributed by atoms with Crippen molar-refractivity contribution in [1.82, 2.24) is 19.9 Å². The highest BCUT2D eigenvalue weighted by Crippen LogP contribution is 2.22. The van der Waals surface area contributed by atoms with Crippen LogP contribution in [0.15, 0.2) is 30.6 Å². The van der Waals surface area contributed by atoms with Gasteiger partial charge in [-0.3, -0.25) is 4.98 Å². The summed E-state index contributed by atoms with van der Waals surface area (Å²) in [6, 6.07) is 5.91. The van der Waals surface area contributed by atoms with Gasteiger partial charge in [0, 0.05) is 43.2 Å². The van der Waals surface area contributed by atoms with Crippen LogP contribution in [0.25, 0.3) is 11.3 Å². The molecule has 3 heterocycles. The van der Waals surface area contributed by atoms with Crippen molar-refractivity contribution in [3.63, 3.8) is 0 Å². The van der Waals surface area contributed by atoms with Crippen LogP contribution in [0.2, 0.25) is 0 Å². The Labute approximate surface area is 153 Å². The first-order chi connectivity index (χ1) is 12.3. The first kappa shape index (κ1) is 18.1. The van der Waals surface area contributed by atoms with E-state index < -0.39 is 5.60 Å². The Morgan fingerprint density at radius 2 is 2.15 bits per heavy atom. The fourth-order valence-corrected chi connectivity index (χ4v) is 2.88. The number of likely N-dealkylation sites (tertiary alicyclic amines) is 1. The molecule has 1 fully saturated rings. The zero-order valence-electron chi connectivity index (χ0n) is 15.7. The monoisotopic (exact) mass is 355 g/mol. The number of pyridine rings is 1. The molecule has 0 aliphatic carbocycles. The molecule has 1 aliphatic heterocycles. The average molecular weight is 355 g/mol. The molecule has 2 aromatic rings.